The maximum atomic E-state index is 13.5. The Morgan fingerprint density at radius 2 is 1.40 bits per heavy atom. The molecule has 2 heterocycles. The zero-order chi connectivity index (χ0) is 27.5. The van der Waals surface area contributed by atoms with Gasteiger partial charge >= 0.3 is 0 Å². The number of benzene rings is 4. The van der Waals surface area contributed by atoms with E-state index < -0.39 is 5.91 Å². The Balaban J connectivity index is 1.48. The molecule has 1 aliphatic rings. The average molecular weight is 543 g/mol. The zero-order valence-corrected chi connectivity index (χ0v) is 22.0. The predicted octanol–water partition coefficient (Wildman–Crippen LogP) is 6.80. The van der Waals surface area contributed by atoms with Gasteiger partial charge in [0.15, 0.2) is 0 Å². The van der Waals surface area contributed by atoms with Gasteiger partial charge < -0.3 is 0 Å². The molecule has 0 bridgehead atoms. The molecule has 7 heteroatoms. The van der Waals surface area contributed by atoms with Crippen LogP contribution in [0.3, 0.4) is 0 Å². The molecule has 1 aliphatic heterocycles. The van der Waals surface area contributed by atoms with Gasteiger partial charge in [-0.25, -0.2) is 9.69 Å². The molecule has 0 atom stereocenters. The second-order valence-electron chi connectivity index (χ2n) is 9.16. The van der Waals surface area contributed by atoms with Crippen LogP contribution in [0.5, 0.6) is 0 Å². The smallest absolute Gasteiger partial charge is 0.267 e. The lowest BCUT2D eigenvalue weighted by Crippen LogP contribution is -2.47. The van der Waals surface area contributed by atoms with E-state index in [4.69, 9.17) is 16.7 Å². The highest BCUT2D eigenvalue weighted by Crippen LogP contribution is 2.30. The third kappa shape index (κ3) is 5.08. The van der Waals surface area contributed by atoms with Gasteiger partial charge in [-0.15, -0.1) is 0 Å². The topological polar surface area (TPSA) is 67.2 Å². The minimum atomic E-state index is -0.409. The van der Waals surface area contributed by atoms with Crippen LogP contribution >= 0.6 is 11.6 Å². The molecule has 2 amide bonds. The number of nitrogens with zero attached hydrogens (tertiary/aromatic N) is 3. The van der Waals surface area contributed by atoms with Crippen LogP contribution in [-0.2, 0) is 4.79 Å². The van der Waals surface area contributed by atoms with Gasteiger partial charge in [0.25, 0.3) is 11.8 Å². The fraction of sp³-hybridized carbons (Fsp3) is 0. The summed E-state index contributed by atoms with van der Waals surface area (Å²) in [6, 6.07) is 35.6. The summed E-state index contributed by atoms with van der Waals surface area (Å²) < 4.78 is 1.80. The average Bonchev–Trinajstić information content (AvgIpc) is 3.43. The SMILES string of the molecule is O=C1NN(C(=O)c2ccccc2)C(c2ccc(Cl)cc2)=C/C1=C\c1cn(-c2ccccc2)nc1-c1ccccc1. The second-order valence-corrected chi connectivity index (χ2v) is 9.60. The van der Waals surface area contributed by atoms with Crippen molar-refractivity contribution in [3.05, 3.63) is 155 Å². The van der Waals surface area contributed by atoms with E-state index in [1.807, 2.05) is 85.1 Å². The second kappa shape index (κ2) is 10.9. The van der Waals surface area contributed by atoms with Crippen LogP contribution in [-0.4, -0.2) is 26.6 Å². The number of hydrazine groups is 1. The largest absolute Gasteiger partial charge is 0.277 e. The summed E-state index contributed by atoms with van der Waals surface area (Å²) >= 11 is 6.14. The van der Waals surface area contributed by atoms with E-state index in [-0.39, 0.29) is 5.91 Å². The molecule has 1 N–H and O–H groups in total. The highest BCUT2D eigenvalue weighted by atomic mass is 35.5. The third-order valence-electron chi connectivity index (χ3n) is 6.49. The Bertz CT molecular complexity index is 1740. The summed E-state index contributed by atoms with van der Waals surface area (Å²) in [5.74, 6) is -0.760. The first-order valence-electron chi connectivity index (χ1n) is 12.7. The van der Waals surface area contributed by atoms with E-state index in [1.165, 1.54) is 5.01 Å². The van der Waals surface area contributed by atoms with E-state index >= 15 is 0 Å². The van der Waals surface area contributed by atoms with Gasteiger partial charge in [0.05, 0.1) is 17.1 Å². The van der Waals surface area contributed by atoms with Crippen molar-refractivity contribution in [1.82, 2.24) is 20.2 Å². The first-order valence-corrected chi connectivity index (χ1v) is 13.0. The summed E-state index contributed by atoms with van der Waals surface area (Å²) in [5.41, 5.74) is 8.18. The molecule has 0 spiro atoms. The number of carbonyl (C=O) groups excluding carboxylic acids is 2. The number of hydrogen-bond acceptors (Lipinski definition) is 3. The van der Waals surface area contributed by atoms with Crippen molar-refractivity contribution in [1.29, 1.82) is 0 Å². The van der Waals surface area contributed by atoms with Gasteiger partial charge in [0.1, 0.15) is 0 Å². The van der Waals surface area contributed by atoms with Crippen LogP contribution in [0.25, 0.3) is 28.7 Å². The molecule has 0 radical (unpaired) electrons. The van der Waals surface area contributed by atoms with Crippen LogP contribution in [0.1, 0.15) is 21.5 Å². The fourth-order valence-corrected chi connectivity index (χ4v) is 4.63. The van der Waals surface area contributed by atoms with Gasteiger partial charge in [0, 0.05) is 39.0 Å². The Morgan fingerprint density at radius 1 is 0.775 bits per heavy atom. The van der Waals surface area contributed by atoms with Crippen molar-refractivity contribution in [3.63, 3.8) is 0 Å². The van der Waals surface area contributed by atoms with Crippen LogP contribution in [0.15, 0.2) is 133 Å². The molecule has 6 rings (SSSR count). The fourth-order valence-electron chi connectivity index (χ4n) is 4.51. The first kappa shape index (κ1) is 25.1. The standard InChI is InChI=1S/C33H23ClN4O2/c34-28-18-16-23(17-19-28)30-21-26(32(39)36-38(30)33(40)25-12-6-2-7-13-25)20-27-22-37(29-14-8-3-9-15-29)35-31(27)24-10-4-1-5-11-24/h1-22H,(H,36,39)/b26-20+. The maximum Gasteiger partial charge on any atom is 0.277 e. The van der Waals surface area contributed by atoms with Crippen LogP contribution < -0.4 is 5.43 Å². The van der Waals surface area contributed by atoms with E-state index in [9.17, 15) is 9.59 Å². The third-order valence-corrected chi connectivity index (χ3v) is 6.75. The lowest BCUT2D eigenvalue weighted by molar-refractivity contribution is -0.120. The van der Waals surface area contributed by atoms with Gasteiger partial charge in [-0.2, -0.15) is 5.10 Å². The molecule has 194 valence electrons. The predicted molar refractivity (Wildman–Crippen MR) is 157 cm³/mol. The van der Waals surface area contributed by atoms with Crippen molar-refractivity contribution in [2.75, 3.05) is 0 Å². The van der Waals surface area contributed by atoms with E-state index in [1.54, 1.807) is 53.2 Å². The number of rotatable bonds is 5. The van der Waals surface area contributed by atoms with E-state index in [0.29, 0.717) is 21.9 Å². The number of para-hydroxylation sites is 1. The molecule has 1 aromatic heterocycles. The van der Waals surface area contributed by atoms with E-state index in [0.717, 1.165) is 28.1 Å². The van der Waals surface area contributed by atoms with Crippen molar-refractivity contribution in [3.8, 4) is 16.9 Å². The Morgan fingerprint density at radius 3 is 2.08 bits per heavy atom. The molecular formula is C33H23ClN4O2. The molecule has 0 fully saturated rings. The van der Waals surface area contributed by atoms with Crippen molar-refractivity contribution < 1.29 is 9.59 Å². The Hall–Kier alpha value is -5.20. The molecule has 4 aromatic carbocycles. The summed E-state index contributed by atoms with van der Waals surface area (Å²) in [7, 11) is 0. The van der Waals surface area contributed by atoms with Gasteiger partial charge in [-0.3, -0.25) is 15.0 Å². The highest BCUT2D eigenvalue weighted by molar-refractivity contribution is 6.30. The monoisotopic (exact) mass is 542 g/mol. The number of amides is 2. The molecule has 0 saturated carbocycles. The number of nitrogens with one attached hydrogen (secondary N) is 1. The Labute approximate surface area is 236 Å². The molecule has 0 unspecified atom stereocenters. The number of aromatic nitrogens is 2. The van der Waals surface area contributed by atoms with Crippen molar-refractivity contribution in [2.45, 2.75) is 0 Å². The maximum absolute atomic E-state index is 13.5. The van der Waals surface area contributed by atoms with Crippen molar-refractivity contribution >= 4 is 35.2 Å². The van der Waals surface area contributed by atoms with Gasteiger partial charge in [0.2, 0.25) is 0 Å². The molecule has 0 saturated heterocycles. The number of hydrogen-bond donors (Lipinski definition) is 1. The summed E-state index contributed by atoms with van der Waals surface area (Å²) in [6.45, 7) is 0. The van der Waals surface area contributed by atoms with Crippen LogP contribution in [0.4, 0.5) is 0 Å². The summed E-state index contributed by atoms with van der Waals surface area (Å²) in [4.78, 5) is 26.9. The van der Waals surface area contributed by atoms with Gasteiger partial charge in [-0.1, -0.05) is 90.5 Å². The highest BCUT2D eigenvalue weighted by Gasteiger charge is 2.29. The zero-order valence-electron chi connectivity index (χ0n) is 21.2. The summed E-state index contributed by atoms with van der Waals surface area (Å²) in [6.07, 6.45) is 5.41. The van der Waals surface area contributed by atoms with Crippen molar-refractivity contribution in [2.24, 2.45) is 0 Å². The molecule has 5 aromatic rings. The quantitative estimate of drug-likeness (QED) is 0.248. The number of carbonyl (C=O) groups is 2. The van der Waals surface area contributed by atoms with Crippen LogP contribution in [0, 0.1) is 0 Å². The molecule has 6 nitrogen and oxygen atoms in total. The molecule has 0 aliphatic carbocycles. The lowest BCUT2D eigenvalue weighted by Gasteiger charge is -2.30. The lowest BCUT2D eigenvalue weighted by atomic mass is 10.0. The molecule has 40 heavy (non-hydrogen) atoms. The minimum absolute atomic E-state index is 0.351. The van der Waals surface area contributed by atoms with Gasteiger partial charge in [-0.05, 0) is 48.6 Å². The normalized spacial score (nSPS) is 14.1. The minimum Gasteiger partial charge on any atom is -0.267 e. The van der Waals surface area contributed by atoms with E-state index in [2.05, 4.69) is 5.43 Å². The Kier molecular flexibility index (Phi) is 6.83. The summed E-state index contributed by atoms with van der Waals surface area (Å²) in [5, 5.41) is 6.70. The molecular weight excluding hydrogens is 520 g/mol. The number of halogens is 1. The first-order chi connectivity index (χ1) is 19.6. The van der Waals surface area contributed by atoms with Crippen LogP contribution in [0.2, 0.25) is 5.02 Å².